The van der Waals surface area contributed by atoms with Gasteiger partial charge in [0.05, 0.1) is 12.9 Å². The van der Waals surface area contributed by atoms with Crippen molar-refractivity contribution in [2.75, 3.05) is 18.7 Å². The van der Waals surface area contributed by atoms with E-state index in [1.165, 1.54) is 17.2 Å². The Kier molecular flexibility index (Phi) is 8.70. The second-order valence-electron chi connectivity index (χ2n) is 8.99. The van der Waals surface area contributed by atoms with Crippen molar-refractivity contribution in [3.8, 4) is 5.75 Å². The van der Waals surface area contributed by atoms with Crippen LogP contribution in [-0.2, 0) is 30.0 Å². The summed E-state index contributed by atoms with van der Waals surface area (Å²) >= 11 is 0. The van der Waals surface area contributed by atoms with Gasteiger partial charge in [-0.25, -0.2) is 24.4 Å². The van der Waals surface area contributed by atoms with Gasteiger partial charge < -0.3 is 24.5 Å². The monoisotopic (exact) mass is 582 g/mol. The number of fused-ring (bicyclic) bond motifs is 1. The summed E-state index contributed by atoms with van der Waals surface area (Å²) in [5, 5.41) is 2.83. The molecule has 0 bridgehead atoms. The Morgan fingerprint density at radius 3 is 2.61 bits per heavy atom. The van der Waals surface area contributed by atoms with Gasteiger partial charge >= 0.3 is 13.5 Å². The molecular formula is C27H28FN6O6P. The number of nitrogen functional groups attached to an aromatic ring is 1. The molecule has 0 spiro atoms. The quantitative estimate of drug-likeness (QED) is 0.183. The number of nitrogens with one attached hydrogen (secondary N) is 1. The summed E-state index contributed by atoms with van der Waals surface area (Å²) in [6, 6.07) is 16.6. The van der Waals surface area contributed by atoms with Gasteiger partial charge in [-0.15, -0.1) is 0 Å². The highest BCUT2D eigenvalue weighted by molar-refractivity contribution is 7.57. The Balaban J connectivity index is 1.34. The molecule has 12 nitrogen and oxygen atoms in total. The number of rotatable bonds is 12. The van der Waals surface area contributed by atoms with E-state index in [2.05, 4.69) is 20.0 Å². The van der Waals surface area contributed by atoms with Crippen LogP contribution in [0.3, 0.4) is 0 Å². The maximum Gasteiger partial charge on any atom is 0.342 e. The smallest absolute Gasteiger partial charge is 0.342 e. The van der Waals surface area contributed by atoms with Crippen LogP contribution in [0, 0.1) is 0 Å². The molecule has 214 valence electrons. The number of hydrogen-bond donors (Lipinski definition) is 2. The van der Waals surface area contributed by atoms with E-state index in [4.69, 9.17) is 24.5 Å². The van der Waals surface area contributed by atoms with E-state index in [-0.39, 0.29) is 30.2 Å². The molecule has 3 N–H and O–H groups in total. The highest BCUT2D eigenvalue weighted by Crippen LogP contribution is 2.45. The summed E-state index contributed by atoms with van der Waals surface area (Å²) in [5.41, 5.74) is 7.21. The number of anilines is 1. The van der Waals surface area contributed by atoms with Gasteiger partial charge in [-0.3, -0.25) is 13.9 Å². The van der Waals surface area contributed by atoms with Gasteiger partial charge in [0.15, 0.2) is 36.2 Å². The lowest BCUT2D eigenvalue weighted by Crippen LogP contribution is -2.40. The van der Waals surface area contributed by atoms with Crippen molar-refractivity contribution in [3.63, 3.8) is 0 Å². The van der Waals surface area contributed by atoms with Gasteiger partial charge in [0.25, 0.3) is 0 Å². The van der Waals surface area contributed by atoms with E-state index in [1.807, 2.05) is 30.3 Å². The molecule has 41 heavy (non-hydrogen) atoms. The number of para-hydroxylation sites is 1. The van der Waals surface area contributed by atoms with Crippen LogP contribution in [0.25, 0.3) is 11.2 Å². The molecule has 0 amide bonds. The third-order valence-electron chi connectivity index (χ3n) is 6.05. The highest BCUT2D eigenvalue weighted by Gasteiger charge is 2.37. The zero-order chi connectivity index (χ0) is 28.8. The molecule has 0 unspecified atom stereocenters. The number of aromatic nitrogens is 4. The summed E-state index contributed by atoms with van der Waals surface area (Å²) in [4.78, 5) is 25.0. The van der Waals surface area contributed by atoms with Crippen LogP contribution in [0.4, 0.5) is 10.2 Å². The summed E-state index contributed by atoms with van der Waals surface area (Å²) in [6.45, 7) is 1.81. The Morgan fingerprint density at radius 2 is 1.88 bits per heavy atom. The van der Waals surface area contributed by atoms with Crippen molar-refractivity contribution in [2.24, 2.45) is 0 Å². The predicted molar refractivity (Wildman–Crippen MR) is 147 cm³/mol. The lowest BCUT2D eigenvalue weighted by molar-refractivity contribution is -0.145. The minimum absolute atomic E-state index is 0.132. The number of ether oxygens (including phenoxy) is 3. The Bertz CT molecular complexity index is 1570. The van der Waals surface area contributed by atoms with Crippen molar-refractivity contribution in [2.45, 2.75) is 31.9 Å². The molecule has 1 aliphatic rings. The Hall–Kier alpha value is -4.16. The van der Waals surface area contributed by atoms with Crippen molar-refractivity contribution >= 4 is 30.5 Å². The Labute approximate surface area is 234 Å². The van der Waals surface area contributed by atoms with Crippen LogP contribution in [0.15, 0.2) is 85.2 Å². The van der Waals surface area contributed by atoms with Crippen molar-refractivity contribution in [1.82, 2.24) is 24.6 Å². The zero-order valence-corrected chi connectivity index (χ0v) is 22.9. The lowest BCUT2D eigenvalue weighted by atomic mass is 10.1. The second kappa shape index (κ2) is 12.6. The Morgan fingerprint density at radius 1 is 1.15 bits per heavy atom. The number of imidazole rings is 1. The summed E-state index contributed by atoms with van der Waals surface area (Å²) in [7, 11) is -3.97. The fraction of sp³-hybridized carbons (Fsp3) is 0.259. The molecule has 14 heteroatoms. The van der Waals surface area contributed by atoms with Crippen molar-refractivity contribution in [1.29, 1.82) is 0 Å². The number of benzene rings is 2. The predicted octanol–water partition coefficient (Wildman–Crippen LogP) is 4.13. The first-order chi connectivity index (χ1) is 19.8. The normalized spacial score (nSPS) is 18.9. The maximum absolute atomic E-state index is 15.0. The number of nitrogens with zero attached hydrogens (tertiary/aromatic N) is 4. The van der Waals surface area contributed by atoms with Gasteiger partial charge in [-0.2, -0.15) is 0 Å². The SMILES string of the molecule is CCOC(=O)[C@H](Cc1ccccc1)N[P@@](=O)(CO[C@@H]1C=C(F)[C@H](n2cnc3c(N)ncnc32)O1)Oc1ccccc1. The number of carbonyl (C=O) groups excluding carboxylic acids is 1. The number of esters is 1. The highest BCUT2D eigenvalue weighted by atomic mass is 31.2. The molecule has 5 rings (SSSR count). The van der Waals surface area contributed by atoms with Crippen LogP contribution in [0.1, 0.15) is 18.7 Å². The van der Waals surface area contributed by atoms with E-state index in [9.17, 15) is 13.8 Å². The summed E-state index contributed by atoms with van der Waals surface area (Å²) in [6.07, 6.45) is 0.798. The van der Waals surface area contributed by atoms with Crippen molar-refractivity contribution in [3.05, 3.63) is 90.8 Å². The molecular weight excluding hydrogens is 554 g/mol. The van der Waals surface area contributed by atoms with E-state index in [0.29, 0.717) is 5.52 Å². The van der Waals surface area contributed by atoms with Crippen molar-refractivity contribution < 1.29 is 32.5 Å². The van der Waals surface area contributed by atoms with Gasteiger partial charge in [-0.05, 0) is 31.0 Å². The zero-order valence-electron chi connectivity index (χ0n) is 22.0. The third-order valence-corrected chi connectivity index (χ3v) is 7.74. The number of halogens is 1. The van der Waals surface area contributed by atoms with Crippen LogP contribution in [0.5, 0.6) is 5.75 Å². The molecule has 0 saturated carbocycles. The fourth-order valence-electron chi connectivity index (χ4n) is 4.20. The van der Waals surface area contributed by atoms with Gasteiger partial charge in [-0.1, -0.05) is 48.5 Å². The molecule has 2 aromatic carbocycles. The van der Waals surface area contributed by atoms with E-state index in [0.717, 1.165) is 11.6 Å². The molecule has 0 aliphatic carbocycles. The minimum Gasteiger partial charge on any atom is -0.465 e. The van der Waals surface area contributed by atoms with Crippen LogP contribution in [0.2, 0.25) is 0 Å². The molecule has 2 aromatic heterocycles. The van der Waals surface area contributed by atoms with Gasteiger partial charge in [0.1, 0.15) is 23.6 Å². The standard InChI is InChI=1S/C27H28FN6O6P/c1-2-37-27(35)21(13-18-9-5-3-6-10-18)33-41(36,40-19-11-7-4-8-12-19)17-38-22-14-20(28)26(39-22)34-16-32-23-24(29)30-15-31-25(23)34/h3-12,14-16,21-22,26H,2,13,17H2,1H3,(H,33,36)(H2,29,30,31)/t21-,22-,26+,41+/m0/s1. The van der Waals surface area contributed by atoms with E-state index in [1.54, 1.807) is 37.3 Å². The largest absolute Gasteiger partial charge is 0.465 e. The van der Waals surface area contributed by atoms with Gasteiger partial charge in [0, 0.05) is 6.08 Å². The fourth-order valence-corrected chi connectivity index (χ4v) is 5.85. The molecule has 3 heterocycles. The third kappa shape index (κ3) is 6.77. The molecule has 0 fully saturated rings. The van der Waals surface area contributed by atoms with E-state index < -0.39 is 44.2 Å². The van der Waals surface area contributed by atoms with Gasteiger partial charge in [0.2, 0.25) is 0 Å². The average molecular weight is 583 g/mol. The lowest BCUT2D eigenvalue weighted by Gasteiger charge is -2.26. The number of hydrogen-bond acceptors (Lipinski definition) is 10. The first-order valence-corrected chi connectivity index (χ1v) is 14.6. The van der Waals surface area contributed by atoms with Crippen LogP contribution >= 0.6 is 7.52 Å². The molecule has 0 radical (unpaired) electrons. The molecule has 4 aromatic rings. The molecule has 1 aliphatic heterocycles. The van der Waals surface area contributed by atoms with E-state index >= 15 is 0 Å². The molecule has 4 atom stereocenters. The topological polar surface area (TPSA) is 153 Å². The number of carbonyl (C=O) groups is 1. The van der Waals surface area contributed by atoms with Crippen LogP contribution in [-0.4, -0.2) is 50.8 Å². The van der Waals surface area contributed by atoms with Crippen LogP contribution < -0.4 is 15.3 Å². The maximum atomic E-state index is 15.0. The summed E-state index contributed by atoms with van der Waals surface area (Å²) < 4.78 is 53.1. The average Bonchev–Trinajstić information content (AvgIpc) is 3.56. The number of nitrogens with two attached hydrogens (primary N) is 1. The first kappa shape index (κ1) is 28.4. The summed E-state index contributed by atoms with van der Waals surface area (Å²) in [5.74, 6) is -0.861. The molecule has 0 saturated heterocycles. The minimum atomic E-state index is -3.97. The first-order valence-electron chi connectivity index (χ1n) is 12.7. The second-order valence-corrected chi connectivity index (χ2v) is 11.0.